The van der Waals surface area contributed by atoms with E-state index < -0.39 is 0 Å². The van der Waals surface area contributed by atoms with Crippen molar-refractivity contribution in [2.45, 2.75) is 25.4 Å². The summed E-state index contributed by atoms with van der Waals surface area (Å²) < 4.78 is 1.79. The van der Waals surface area contributed by atoms with Crippen molar-refractivity contribution in [1.29, 1.82) is 0 Å². The molecule has 5 heteroatoms. The molecule has 1 aliphatic carbocycles. The lowest BCUT2D eigenvalue weighted by Gasteiger charge is -2.06. The van der Waals surface area contributed by atoms with Crippen LogP contribution in [0.3, 0.4) is 0 Å². The predicted molar refractivity (Wildman–Crippen MR) is 51.8 cm³/mol. The molecule has 2 rings (SSSR count). The predicted octanol–water partition coefficient (Wildman–Crippen LogP) is 0.345. The van der Waals surface area contributed by atoms with E-state index in [1.165, 1.54) is 0 Å². The molecule has 1 saturated carbocycles. The van der Waals surface area contributed by atoms with Gasteiger partial charge >= 0.3 is 6.03 Å². The molecule has 0 spiro atoms. The van der Waals surface area contributed by atoms with E-state index >= 15 is 0 Å². The van der Waals surface area contributed by atoms with E-state index in [-0.39, 0.29) is 6.03 Å². The number of hydrogen-bond acceptors (Lipinski definition) is 2. The van der Waals surface area contributed by atoms with Crippen molar-refractivity contribution in [3.8, 4) is 0 Å². The highest BCUT2D eigenvalue weighted by Gasteiger charge is 2.22. The summed E-state index contributed by atoms with van der Waals surface area (Å²) in [6, 6.07) is 2.21. The summed E-state index contributed by atoms with van der Waals surface area (Å²) >= 11 is 0. The van der Waals surface area contributed by atoms with E-state index in [0.717, 1.165) is 12.8 Å². The van der Waals surface area contributed by atoms with Crippen molar-refractivity contribution in [1.82, 2.24) is 20.4 Å². The lowest BCUT2D eigenvalue weighted by molar-refractivity contribution is 0.240. The molecule has 0 aliphatic heterocycles. The lowest BCUT2D eigenvalue weighted by Crippen LogP contribution is -2.38. The van der Waals surface area contributed by atoms with Crippen LogP contribution in [0.15, 0.2) is 18.5 Å². The monoisotopic (exact) mass is 194 g/mol. The highest BCUT2D eigenvalue weighted by molar-refractivity contribution is 5.74. The maximum atomic E-state index is 11.2. The maximum Gasteiger partial charge on any atom is 0.315 e. The second-order valence-corrected chi connectivity index (χ2v) is 3.44. The molecule has 0 bridgehead atoms. The number of hydrogen-bond donors (Lipinski definition) is 2. The van der Waals surface area contributed by atoms with E-state index in [2.05, 4.69) is 15.7 Å². The van der Waals surface area contributed by atoms with Gasteiger partial charge in [0.1, 0.15) is 0 Å². The van der Waals surface area contributed by atoms with Crippen LogP contribution in [0.2, 0.25) is 0 Å². The normalized spacial score (nSPS) is 15.1. The smallest absolute Gasteiger partial charge is 0.315 e. The van der Waals surface area contributed by atoms with Crippen LogP contribution in [0.1, 0.15) is 12.8 Å². The number of aromatic nitrogens is 2. The molecule has 1 heterocycles. The lowest BCUT2D eigenvalue weighted by atomic mass is 10.6. The first-order chi connectivity index (χ1) is 6.84. The van der Waals surface area contributed by atoms with Crippen LogP contribution >= 0.6 is 0 Å². The van der Waals surface area contributed by atoms with Gasteiger partial charge in [-0.1, -0.05) is 0 Å². The summed E-state index contributed by atoms with van der Waals surface area (Å²) in [7, 11) is 0. The topological polar surface area (TPSA) is 59.0 Å². The number of nitrogens with one attached hydrogen (secondary N) is 2. The van der Waals surface area contributed by atoms with Crippen LogP contribution in [0.5, 0.6) is 0 Å². The Bertz CT molecular complexity index is 292. The fourth-order valence-corrected chi connectivity index (χ4v) is 1.18. The minimum absolute atomic E-state index is 0.0698. The first kappa shape index (κ1) is 9.05. The van der Waals surface area contributed by atoms with Crippen LogP contribution < -0.4 is 10.6 Å². The van der Waals surface area contributed by atoms with E-state index in [4.69, 9.17) is 0 Å². The Kier molecular flexibility index (Phi) is 2.67. The van der Waals surface area contributed by atoms with Gasteiger partial charge in [0.2, 0.25) is 0 Å². The zero-order chi connectivity index (χ0) is 9.80. The van der Waals surface area contributed by atoms with E-state index in [9.17, 15) is 4.79 Å². The van der Waals surface area contributed by atoms with Gasteiger partial charge in [0, 0.05) is 25.0 Å². The molecule has 0 aromatic carbocycles. The third kappa shape index (κ3) is 2.76. The van der Waals surface area contributed by atoms with Gasteiger partial charge in [-0.15, -0.1) is 0 Å². The Morgan fingerprint density at radius 2 is 2.43 bits per heavy atom. The fraction of sp³-hybridized carbons (Fsp3) is 0.556. The zero-order valence-corrected chi connectivity index (χ0v) is 7.94. The molecule has 1 fully saturated rings. The van der Waals surface area contributed by atoms with Gasteiger partial charge in [0.05, 0.1) is 6.54 Å². The van der Waals surface area contributed by atoms with E-state index in [1.807, 2.05) is 12.3 Å². The molecule has 14 heavy (non-hydrogen) atoms. The Labute approximate surface area is 82.5 Å². The van der Waals surface area contributed by atoms with Gasteiger partial charge in [-0.25, -0.2) is 4.79 Å². The van der Waals surface area contributed by atoms with Crippen molar-refractivity contribution >= 4 is 6.03 Å². The molecule has 0 atom stereocenters. The van der Waals surface area contributed by atoms with Crippen LogP contribution in [-0.4, -0.2) is 28.4 Å². The molecule has 1 aromatic heterocycles. The number of amides is 2. The molecule has 1 aliphatic rings. The Morgan fingerprint density at radius 1 is 1.57 bits per heavy atom. The van der Waals surface area contributed by atoms with Crippen molar-refractivity contribution < 1.29 is 4.79 Å². The van der Waals surface area contributed by atoms with Gasteiger partial charge < -0.3 is 10.6 Å². The largest absolute Gasteiger partial charge is 0.336 e. The summed E-state index contributed by atoms with van der Waals surface area (Å²) in [4.78, 5) is 11.2. The molecule has 2 N–H and O–H groups in total. The number of carbonyl (C=O) groups excluding carboxylic acids is 1. The third-order valence-electron chi connectivity index (χ3n) is 2.10. The third-order valence-corrected chi connectivity index (χ3v) is 2.10. The average Bonchev–Trinajstić information content (AvgIpc) is 2.82. The number of nitrogens with zero attached hydrogens (tertiary/aromatic N) is 2. The molecule has 5 nitrogen and oxygen atoms in total. The molecule has 0 unspecified atom stereocenters. The van der Waals surface area contributed by atoms with Crippen molar-refractivity contribution in [3.05, 3.63) is 18.5 Å². The van der Waals surface area contributed by atoms with Crippen molar-refractivity contribution in [2.75, 3.05) is 6.54 Å². The summed E-state index contributed by atoms with van der Waals surface area (Å²) in [6.07, 6.45) is 5.84. The fourth-order valence-electron chi connectivity index (χ4n) is 1.18. The molecular formula is C9H14N4O. The first-order valence-corrected chi connectivity index (χ1v) is 4.86. The molecule has 1 aromatic rings. The van der Waals surface area contributed by atoms with Gasteiger partial charge in [-0.2, -0.15) is 5.10 Å². The standard InChI is InChI=1S/C9H14N4O/c14-9(12-8-2-3-8)10-5-7-13-6-1-4-11-13/h1,4,6,8H,2-3,5,7H2,(H2,10,12,14). The average molecular weight is 194 g/mol. The second kappa shape index (κ2) is 4.13. The van der Waals surface area contributed by atoms with Crippen LogP contribution in [0.4, 0.5) is 4.79 Å². The first-order valence-electron chi connectivity index (χ1n) is 4.86. The summed E-state index contributed by atoms with van der Waals surface area (Å²) in [5.41, 5.74) is 0. The highest BCUT2D eigenvalue weighted by atomic mass is 16.2. The SMILES string of the molecule is O=C(NCCn1cccn1)NC1CC1. The van der Waals surface area contributed by atoms with Crippen molar-refractivity contribution in [3.63, 3.8) is 0 Å². The Morgan fingerprint density at radius 3 is 3.07 bits per heavy atom. The second-order valence-electron chi connectivity index (χ2n) is 3.44. The Balaban J connectivity index is 1.60. The molecule has 0 radical (unpaired) electrons. The highest BCUT2D eigenvalue weighted by Crippen LogP contribution is 2.17. The van der Waals surface area contributed by atoms with Crippen LogP contribution in [0, 0.1) is 0 Å². The van der Waals surface area contributed by atoms with E-state index in [0.29, 0.717) is 19.1 Å². The summed E-state index contributed by atoms with van der Waals surface area (Å²) in [5.74, 6) is 0. The summed E-state index contributed by atoms with van der Waals surface area (Å²) in [6.45, 7) is 1.32. The van der Waals surface area contributed by atoms with Crippen molar-refractivity contribution in [2.24, 2.45) is 0 Å². The summed E-state index contributed by atoms with van der Waals surface area (Å²) in [5, 5.41) is 9.67. The number of rotatable bonds is 4. The zero-order valence-electron chi connectivity index (χ0n) is 7.94. The van der Waals surface area contributed by atoms with Gasteiger partial charge in [-0.05, 0) is 18.9 Å². The van der Waals surface area contributed by atoms with Gasteiger partial charge in [-0.3, -0.25) is 4.68 Å². The maximum absolute atomic E-state index is 11.2. The van der Waals surface area contributed by atoms with Gasteiger partial charge in [0.15, 0.2) is 0 Å². The molecular weight excluding hydrogens is 180 g/mol. The molecule has 76 valence electrons. The number of carbonyl (C=O) groups is 1. The van der Waals surface area contributed by atoms with Crippen LogP contribution in [0.25, 0.3) is 0 Å². The Hall–Kier alpha value is -1.52. The van der Waals surface area contributed by atoms with E-state index in [1.54, 1.807) is 10.9 Å². The number of urea groups is 1. The van der Waals surface area contributed by atoms with Crippen LogP contribution in [-0.2, 0) is 6.54 Å². The minimum atomic E-state index is -0.0698. The van der Waals surface area contributed by atoms with Gasteiger partial charge in [0.25, 0.3) is 0 Å². The molecule has 2 amide bonds. The minimum Gasteiger partial charge on any atom is -0.336 e. The molecule has 0 saturated heterocycles. The quantitative estimate of drug-likeness (QED) is 0.726.